The number of carbonyl (C=O) groups excluding carboxylic acids is 1. The first-order valence-electron chi connectivity index (χ1n) is 8.41. The molecule has 6 nitrogen and oxygen atoms in total. The number of benzene rings is 2. The third-order valence-electron chi connectivity index (χ3n) is 4.01. The lowest BCUT2D eigenvalue weighted by molar-refractivity contribution is 0.0951. The van der Waals surface area contributed by atoms with E-state index in [1.807, 2.05) is 24.3 Å². The van der Waals surface area contributed by atoms with Crippen molar-refractivity contribution >= 4 is 15.9 Å². The molecule has 0 aliphatic rings. The van der Waals surface area contributed by atoms with Crippen LogP contribution in [0.4, 0.5) is 4.39 Å². The van der Waals surface area contributed by atoms with E-state index in [9.17, 15) is 17.6 Å². The highest BCUT2D eigenvalue weighted by atomic mass is 32.2. The molecule has 0 saturated heterocycles. The summed E-state index contributed by atoms with van der Waals surface area (Å²) in [6, 6.07) is 12.6. The zero-order chi connectivity index (χ0) is 19.9. The summed E-state index contributed by atoms with van der Waals surface area (Å²) < 4.78 is 43.4. The second kappa shape index (κ2) is 9.48. The van der Waals surface area contributed by atoms with E-state index in [1.165, 1.54) is 28.6 Å². The average Bonchev–Trinajstić information content (AvgIpc) is 2.64. The molecule has 0 aliphatic carbocycles. The standard InChI is InChI=1S/C19H23FN2O4S/c1-26-18-5-3-4-15(14-18)10-12-22(27(2,24)25)13-11-21-19(23)16-6-8-17(20)9-7-16/h3-9,14H,10-13H2,1-2H3,(H,21,23). The largest absolute Gasteiger partial charge is 0.497 e. The molecule has 0 bridgehead atoms. The van der Waals surface area contributed by atoms with Crippen LogP contribution < -0.4 is 10.1 Å². The van der Waals surface area contributed by atoms with Gasteiger partial charge in [-0.05, 0) is 48.4 Å². The van der Waals surface area contributed by atoms with E-state index < -0.39 is 15.8 Å². The number of methoxy groups -OCH3 is 1. The molecule has 0 aromatic heterocycles. The molecule has 0 unspecified atom stereocenters. The van der Waals surface area contributed by atoms with Crippen molar-refractivity contribution in [3.63, 3.8) is 0 Å². The maximum Gasteiger partial charge on any atom is 0.251 e. The summed E-state index contributed by atoms with van der Waals surface area (Å²) in [6.07, 6.45) is 1.66. The average molecular weight is 394 g/mol. The lowest BCUT2D eigenvalue weighted by Crippen LogP contribution is -2.39. The number of sulfonamides is 1. The Labute approximate surface area is 159 Å². The van der Waals surface area contributed by atoms with E-state index in [0.717, 1.165) is 11.8 Å². The summed E-state index contributed by atoms with van der Waals surface area (Å²) >= 11 is 0. The molecular formula is C19H23FN2O4S. The van der Waals surface area contributed by atoms with Crippen LogP contribution in [0.25, 0.3) is 0 Å². The van der Waals surface area contributed by atoms with Gasteiger partial charge in [-0.25, -0.2) is 17.1 Å². The van der Waals surface area contributed by atoms with E-state index in [-0.39, 0.29) is 19.0 Å². The van der Waals surface area contributed by atoms with Crippen LogP contribution in [0.2, 0.25) is 0 Å². The number of hydrogen-bond donors (Lipinski definition) is 1. The van der Waals surface area contributed by atoms with Crippen molar-refractivity contribution in [3.05, 3.63) is 65.5 Å². The van der Waals surface area contributed by atoms with Crippen molar-refractivity contribution in [3.8, 4) is 5.75 Å². The van der Waals surface area contributed by atoms with Gasteiger partial charge in [-0.1, -0.05) is 12.1 Å². The predicted molar refractivity (Wildman–Crippen MR) is 102 cm³/mol. The topological polar surface area (TPSA) is 75.7 Å². The van der Waals surface area contributed by atoms with Crippen molar-refractivity contribution in [1.29, 1.82) is 0 Å². The van der Waals surface area contributed by atoms with Crippen LogP contribution in [0.5, 0.6) is 5.75 Å². The van der Waals surface area contributed by atoms with Crippen molar-refractivity contribution in [2.24, 2.45) is 0 Å². The first-order valence-corrected chi connectivity index (χ1v) is 10.3. The molecule has 27 heavy (non-hydrogen) atoms. The van der Waals surface area contributed by atoms with Crippen LogP contribution in [0.3, 0.4) is 0 Å². The Bertz CT molecular complexity index is 870. The Balaban J connectivity index is 1.90. The fraction of sp³-hybridized carbons (Fsp3) is 0.316. The minimum atomic E-state index is -3.42. The molecule has 2 aromatic carbocycles. The highest BCUT2D eigenvalue weighted by Crippen LogP contribution is 2.13. The van der Waals surface area contributed by atoms with E-state index in [4.69, 9.17) is 4.74 Å². The molecule has 1 amide bonds. The number of rotatable bonds is 9. The van der Waals surface area contributed by atoms with Crippen LogP contribution in [-0.2, 0) is 16.4 Å². The normalized spacial score (nSPS) is 11.4. The number of nitrogens with zero attached hydrogens (tertiary/aromatic N) is 1. The molecule has 0 heterocycles. The van der Waals surface area contributed by atoms with Gasteiger partial charge in [-0.15, -0.1) is 0 Å². The Morgan fingerprint density at radius 2 is 1.85 bits per heavy atom. The van der Waals surface area contributed by atoms with Crippen LogP contribution in [0, 0.1) is 5.82 Å². The summed E-state index contributed by atoms with van der Waals surface area (Å²) in [4.78, 5) is 12.0. The molecule has 0 aliphatic heterocycles. The summed E-state index contributed by atoms with van der Waals surface area (Å²) in [5, 5.41) is 2.65. The van der Waals surface area contributed by atoms with Crippen molar-refractivity contribution < 1.29 is 22.3 Å². The van der Waals surface area contributed by atoms with Crippen LogP contribution >= 0.6 is 0 Å². The minimum absolute atomic E-state index is 0.149. The monoisotopic (exact) mass is 394 g/mol. The molecule has 8 heteroatoms. The molecule has 0 spiro atoms. The number of carbonyl (C=O) groups is 1. The molecule has 0 radical (unpaired) electrons. The first-order chi connectivity index (χ1) is 12.8. The maximum atomic E-state index is 12.9. The van der Waals surface area contributed by atoms with Gasteiger partial charge in [0.15, 0.2) is 0 Å². The molecule has 0 atom stereocenters. The fourth-order valence-electron chi connectivity index (χ4n) is 2.52. The summed E-state index contributed by atoms with van der Waals surface area (Å²) in [7, 11) is -1.84. The van der Waals surface area contributed by atoms with Gasteiger partial charge in [-0.3, -0.25) is 4.79 Å². The Morgan fingerprint density at radius 3 is 2.48 bits per heavy atom. The summed E-state index contributed by atoms with van der Waals surface area (Å²) in [5.41, 5.74) is 1.28. The summed E-state index contributed by atoms with van der Waals surface area (Å²) in [6.45, 7) is 0.593. The first kappa shape index (κ1) is 20.9. The van der Waals surface area contributed by atoms with Crippen molar-refractivity contribution in [2.75, 3.05) is 33.0 Å². The fourth-order valence-corrected chi connectivity index (χ4v) is 3.37. The van der Waals surface area contributed by atoms with Gasteiger partial charge in [0.05, 0.1) is 13.4 Å². The number of ether oxygens (including phenoxy) is 1. The number of nitrogens with one attached hydrogen (secondary N) is 1. The highest BCUT2D eigenvalue weighted by molar-refractivity contribution is 7.88. The minimum Gasteiger partial charge on any atom is -0.497 e. The Morgan fingerprint density at radius 1 is 1.15 bits per heavy atom. The third-order valence-corrected chi connectivity index (χ3v) is 5.31. The number of hydrogen-bond acceptors (Lipinski definition) is 4. The van der Waals surface area contributed by atoms with Gasteiger partial charge in [0.25, 0.3) is 5.91 Å². The van der Waals surface area contributed by atoms with Crippen molar-refractivity contribution in [1.82, 2.24) is 9.62 Å². The van der Waals surface area contributed by atoms with E-state index in [1.54, 1.807) is 7.11 Å². The second-order valence-corrected chi connectivity index (χ2v) is 8.01. The van der Waals surface area contributed by atoms with Gasteiger partial charge in [-0.2, -0.15) is 0 Å². The molecular weight excluding hydrogens is 371 g/mol. The van der Waals surface area contributed by atoms with Gasteiger partial charge < -0.3 is 10.1 Å². The van der Waals surface area contributed by atoms with Gasteiger partial charge >= 0.3 is 0 Å². The van der Waals surface area contributed by atoms with Gasteiger partial charge in [0, 0.05) is 25.2 Å². The quantitative estimate of drug-likeness (QED) is 0.707. The van der Waals surface area contributed by atoms with E-state index in [0.29, 0.717) is 24.3 Å². The molecule has 0 fully saturated rings. The lowest BCUT2D eigenvalue weighted by atomic mass is 10.1. The Hall–Kier alpha value is -2.45. The summed E-state index contributed by atoms with van der Waals surface area (Å²) in [5.74, 6) is -0.0893. The van der Waals surface area contributed by atoms with Crippen LogP contribution in [0.15, 0.2) is 48.5 Å². The highest BCUT2D eigenvalue weighted by Gasteiger charge is 2.17. The Kier molecular flexibility index (Phi) is 7.32. The second-order valence-electron chi connectivity index (χ2n) is 6.03. The SMILES string of the molecule is COc1cccc(CCN(CCNC(=O)c2ccc(F)cc2)S(C)(=O)=O)c1. The molecule has 146 valence electrons. The van der Waals surface area contributed by atoms with Gasteiger partial charge in [0.1, 0.15) is 11.6 Å². The number of amides is 1. The maximum absolute atomic E-state index is 12.9. The third kappa shape index (κ3) is 6.65. The smallest absolute Gasteiger partial charge is 0.251 e. The lowest BCUT2D eigenvalue weighted by Gasteiger charge is -2.20. The van der Waals surface area contributed by atoms with Crippen LogP contribution in [0.1, 0.15) is 15.9 Å². The molecule has 1 N–H and O–H groups in total. The molecule has 0 saturated carbocycles. The van der Waals surface area contributed by atoms with E-state index >= 15 is 0 Å². The zero-order valence-electron chi connectivity index (χ0n) is 15.3. The molecule has 2 rings (SSSR count). The van der Waals surface area contributed by atoms with E-state index in [2.05, 4.69) is 5.32 Å². The van der Waals surface area contributed by atoms with Gasteiger partial charge in [0.2, 0.25) is 10.0 Å². The van der Waals surface area contributed by atoms with Crippen LogP contribution in [-0.4, -0.2) is 51.6 Å². The number of halogens is 1. The van der Waals surface area contributed by atoms with Crippen molar-refractivity contribution in [2.45, 2.75) is 6.42 Å². The predicted octanol–water partition coefficient (Wildman–Crippen LogP) is 2.07. The molecule has 2 aromatic rings. The zero-order valence-corrected chi connectivity index (χ0v) is 16.1.